The molecule has 0 aromatic rings. The maximum atomic E-state index is 11.9. The Kier molecular flexibility index (Phi) is 2.28. The van der Waals surface area contributed by atoms with Gasteiger partial charge in [0, 0.05) is 6.54 Å². The SMILES string of the molecule is CC1(C)C2C(=O)N(CCC(N)C#N)C(=O)C21. The van der Waals surface area contributed by atoms with E-state index >= 15 is 0 Å². The molecule has 5 heteroatoms. The Hall–Kier alpha value is -1.41. The van der Waals surface area contributed by atoms with E-state index in [0.29, 0.717) is 6.42 Å². The topological polar surface area (TPSA) is 87.2 Å². The van der Waals surface area contributed by atoms with Crippen molar-refractivity contribution in [2.75, 3.05) is 6.54 Å². The highest BCUT2D eigenvalue weighted by atomic mass is 16.2. The van der Waals surface area contributed by atoms with E-state index in [1.165, 1.54) is 4.90 Å². The number of hydrogen-bond acceptors (Lipinski definition) is 4. The number of carbonyl (C=O) groups is 2. The van der Waals surface area contributed by atoms with Gasteiger partial charge in [0.15, 0.2) is 0 Å². The second-order valence-electron chi connectivity index (χ2n) is 5.13. The van der Waals surface area contributed by atoms with Gasteiger partial charge in [-0.25, -0.2) is 0 Å². The van der Waals surface area contributed by atoms with E-state index in [9.17, 15) is 9.59 Å². The minimum atomic E-state index is -0.606. The summed E-state index contributed by atoms with van der Waals surface area (Å²) in [4.78, 5) is 25.0. The Labute approximate surface area is 94.2 Å². The lowest BCUT2D eigenvalue weighted by Crippen LogP contribution is -2.38. The quantitative estimate of drug-likeness (QED) is 0.672. The van der Waals surface area contributed by atoms with Crippen LogP contribution in [0.25, 0.3) is 0 Å². The van der Waals surface area contributed by atoms with Crippen LogP contribution in [-0.2, 0) is 9.59 Å². The lowest BCUT2D eigenvalue weighted by molar-refractivity contribution is -0.143. The first kappa shape index (κ1) is 11.1. The molecule has 86 valence electrons. The zero-order valence-electron chi connectivity index (χ0n) is 9.43. The summed E-state index contributed by atoms with van der Waals surface area (Å²) in [6, 6.07) is 1.28. The number of piperidine rings is 1. The molecule has 16 heavy (non-hydrogen) atoms. The van der Waals surface area contributed by atoms with Crippen molar-refractivity contribution < 1.29 is 9.59 Å². The van der Waals surface area contributed by atoms with E-state index < -0.39 is 6.04 Å². The number of nitriles is 1. The van der Waals surface area contributed by atoms with Crippen LogP contribution in [0.3, 0.4) is 0 Å². The summed E-state index contributed by atoms with van der Waals surface area (Å²) in [5.74, 6) is -0.466. The minimum absolute atomic E-state index is 0.0925. The van der Waals surface area contributed by atoms with Crippen LogP contribution >= 0.6 is 0 Å². The second-order valence-corrected chi connectivity index (χ2v) is 5.13. The van der Waals surface area contributed by atoms with Crippen molar-refractivity contribution in [2.45, 2.75) is 26.3 Å². The number of fused-ring (bicyclic) bond motifs is 1. The molecular formula is C11H15N3O2. The van der Waals surface area contributed by atoms with Crippen molar-refractivity contribution in [2.24, 2.45) is 23.0 Å². The number of nitrogens with two attached hydrogens (primary N) is 1. The zero-order chi connectivity index (χ0) is 12.1. The molecular weight excluding hydrogens is 206 g/mol. The molecule has 1 saturated carbocycles. The van der Waals surface area contributed by atoms with Gasteiger partial charge in [0.1, 0.15) is 0 Å². The van der Waals surface area contributed by atoms with Crippen LogP contribution in [0, 0.1) is 28.6 Å². The number of hydrogen-bond donors (Lipinski definition) is 1. The molecule has 3 atom stereocenters. The molecule has 2 fully saturated rings. The lowest BCUT2D eigenvalue weighted by Gasteiger charge is -2.20. The third kappa shape index (κ3) is 1.34. The summed E-state index contributed by atoms with van der Waals surface area (Å²) >= 11 is 0. The molecule has 2 aliphatic rings. The summed E-state index contributed by atoms with van der Waals surface area (Å²) in [5.41, 5.74) is 5.27. The molecule has 1 heterocycles. The molecule has 3 unspecified atom stereocenters. The molecule has 0 bridgehead atoms. The molecule has 0 spiro atoms. The van der Waals surface area contributed by atoms with E-state index in [4.69, 9.17) is 11.0 Å². The van der Waals surface area contributed by atoms with Gasteiger partial charge in [0.05, 0.1) is 23.9 Å². The van der Waals surface area contributed by atoms with E-state index in [2.05, 4.69) is 0 Å². The Balaban J connectivity index is 1.99. The van der Waals surface area contributed by atoms with E-state index in [-0.39, 0.29) is 35.6 Å². The fourth-order valence-corrected chi connectivity index (χ4v) is 2.56. The summed E-state index contributed by atoms with van der Waals surface area (Å²) < 4.78 is 0. The highest BCUT2D eigenvalue weighted by molar-refractivity contribution is 6.10. The molecule has 0 aromatic heterocycles. The van der Waals surface area contributed by atoms with Crippen LogP contribution in [0.4, 0.5) is 0 Å². The Bertz CT molecular complexity index is 373. The first-order valence-corrected chi connectivity index (χ1v) is 5.41. The molecule has 5 nitrogen and oxygen atoms in total. The zero-order valence-corrected chi connectivity index (χ0v) is 9.43. The standard InChI is InChI=1S/C11H15N3O2/c1-11(2)7-8(11)10(16)14(9(7)15)4-3-6(13)5-12/h6-8H,3-4,13H2,1-2H3. The van der Waals surface area contributed by atoms with Gasteiger partial charge < -0.3 is 5.73 Å². The van der Waals surface area contributed by atoms with Gasteiger partial charge in [-0.2, -0.15) is 5.26 Å². The monoisotopic (exact) mass is 221 g/mol. The molecule has 2 rings (SSSR count). The predicted molar refractivity (Wildman–Crippen MR) is 55.7 cm³/mol. The average Bonchev–Trinajstić information content (AvgIpc) is 2.68. The number of likely N-dealkylation sites (tertiary alicyclic amines) is 1. The number of imide groups is 1. The Morgan fingerprint density at radius 3 is 2.38 bits per heavy atom. The lowest BCUT2D eigenvalue weighted by atomic mass is 10.1. The maximum absolute atomic E-state index is 11.9. The number of nitrogens with zero attached hydrogens (tertiary/aromatic N) is 2. The fraction of sp³-hybridized carbons (Fsp3) is 0.727. The predicted octanol–water partition coefficient (Wildman–Crippen LogP) is -0.132. The summed E-state index contributed by atoms with van der Waals surface area (Å²) in [7, 11) is 0. The van der Waals surface area contributed by atoms with Crippen LogP contribution < -0.4 is 5.73 Å². The van der Waals surface area contributed by atoms with E-state index in [1.807, 2.05) is 19.9 Å². The van der Waals surface area contributed by atoms with Gasteiger partial charge in [-0.1, -0.05) is 13.8 Å². The van der Waals surface area contributed by atoms with Gasteiger partial charge in [-0.05, 0) is 11.8 Å². The molecule has 2 N–H and O–H groups in total. The normalized spacial score (nSPS) is 32.2. The van der Waals surface area contributed by atoms with Crippen molar-refractivity contribution in [1.29, 1.82) is 5.26 Å². The van der Waals surface area contributed by atoms with Crippen molar-refractivity contribution in [1.82, 2.24) is 4.90 Å². The summed E-state index contributed by atoms with van der Waals surface area (Å²) in [5, 5.41) is 8.52. The van der Waals surface area contributed by atoms with Crippen molar-refractivity contribution >= 4 is 11.8 Å². The molecule has 0 radical (unpaired) electrons. The van der Waals surface area contributed by atoms with Gasteiger partial charge in [-0.15, -0.1) is 0 Å². The highest BCUT2D eigenvalue weighted by Gasteiger charge is 2.72. The largest absolute Gasteiger partial charge is 0.316 e. The number of amides is 2. The van der Waals surface area contributed by atoms with Gasteiger partial charge in [-0.3, -0.25) is 14.5 Å². The van der Waals surface area contributed by atoms with Crippen LogP contribution in [0.15, 0.2) is 0 Å². The molecule has 1 aliphatic carbocycles. The van der Waals surface area contributed by atoms with Gasteiger partial charge >= 0.3 is 0 Å². The van der Waals surface area contributed by atoms with E-state index in [1.54, 1.807) is 0 Å². The first-order chi connectivity index (χ1) is 7.41. The molecule has 2 amide bonds. The Morgan fingerprint density at radius 1 is 1.44 bits per heavy atom. The number of rotatable bonds is 3. The van der Waals surface area contributed by atoms with Gasteiger partial charge in [0.2, 0.25) is 11.8 Å². The van der Waals surface area contributed by atoms with Crippen LogP contribution in [0.2, 0.25) is 0 Å². The maximum Gasteiger partial charge on any atom is 0.233 e. The minimum Gasteiger partial charge on any atom is -0.316 e. The van der Waals surface area contributed by atoms with Crippen molar-refractivity contribution in [3.63, 3.8) is 0 Å². The van der Waals surface area contributed by atoms with Crippen molar-refractivity contribution in [3.05, 3.63) is 0 Å². The smallest absolute Gasteiger partial charge is 0.233 e. The third-order valence-electron chi connectivity index (χ3n) is 3.72. The first-order valence-electron chi connectivity index (χ1n) is 5.41. The van der Waals surface area contributed by atoms with Crippen LogP contribution in [-0.4, -0.2) is 29.3 Å². The fourth-order valence-electron chi connectivity index (χ4n) is 2.56. The Morgan fingerprint density at radius 2 is 1.94 bits per heavy atom. The number of carbonyl (C=O) groups excluding carboxylic acids is 2. The molecule has 0 aromatic carbocycles. The van der Waals surface area contributed by atoms with Crippen LogP contribution in [0.5, 0.6) is 0 Å². The average molecular weight is 221 g/mol. The molecule has 1 saturated heterocycles. The van der Waals surface area contributed by atoms with E-state index in [0.717, 1.165) is 0 Å². The summed E-state index contributed by atoms with van der Waals surface area (Å²) in [6.07, 6.45) is 0.355. The highest BCUT2D eigenvalue weighted by Crippen LogP contribution is 2.63. The molecule has 1 aliphatic heterocycles. The van der Waals surface area contributed by atoms with Gasteiger partial charge in [0.25, 0.3) is 0 Å². The third-order valence-corrected chi connectivity index (χ3v) is 3.72. The summed E-state index contributed by atoms with van der Waals surface area (Å²) in [6.45, 7) is 4.16. The van der Waals surface area contributed by atoms with Crippen molar-refractivity contribution in [3.8, 4) is 6.07 Å². The second kappa shape index (κ2) is 3.29. The van der Waals surface area contributed by atoms with Crippen LogP contribution in [0.1, 0.15) is 20.3 Å².